The average Bonchev–Trinajstić information content (AvgIpc) is 2.72. The third-order valence-electron chi connectivity index (χ3n) is 5.01. The third kappa shape index (κ3) is 4.00. The Kier molecular flexibility index (Phi) is 6.33. The minimum absolute atomic E-state index is 0.0227. The van der Waals surface area contributed by atoms with Crippen LogP contribution in [0, 0.1) is 6.92 Å². The van der Waals surface area contributed by atoms with Crippen molar-refractivity contribution in [3.8, 4) is 11.5 Å². The first kappa shape index (κ1) is 22.7. The van der Waals surface area contributed by atoms with Crippen molar-refractivity contribution in [1.29, 1.82) is 0 Å². The van der Waals surface area contributed by atoms with E-state index in [-0.39, 0.29) is 11.4 Å². The highest BCUT2D eigenvalue weighted by Gasteiger charge is 2.40. The predicted molar refractivity (Wildman–Crippen MR) is 123 cm³/mol. The van der Waals surface area contributed by atoms with E-state index in [1.54, 1.807) is 44.2 Å². The molecule has 164 valence electrons. The smallest absolute Gasteiger partial charge is 0.270 e. The Bertz CT molecular complexity index is 1200. The van der Waals surface area contributed by atoms with Gasteiger partial charge >= 0.3 is 0 Å². The number of nitrogens with zero attached hydrogens (tertiary/aromatic N) is 1. The molecule has 3 rings (SSSR count). The zero-order chi connectivity index (χ0) is 22.9. The number of anilines is 2. The van der Waals surface area contributed by atoms with Crippen molar-refractivity contribution in [2.75, 3.05) is 30.4 Å². The van der Waals surface area contributed by atoms with Gasteiger partial charge in [-0.2, -0.15) is 0 Å². The molecular weight excluding hydrogens is 440 g/mol. The summed E-state index contributed by atoms with van der Waals surface area (Å²) in [6.45, 7) is 7.01. The van der Waals surface area contributed by atoms with Crippen molar-refractivity contribution in [3.05, 3.63) is 64.0 Å². The van der Waals surface area contributed by atoms with Crippen LogP contribution in [0.5, 0.6) is 11.5 Å². The molecule has 2 aromatic rings. The first-order valence-corrected chi connectivity index (χ1v) is 11.2. The quantitative estimate of drug-likeness (QED) is 0.644. The van der Waals surface area contributed by atoms with Gasteiger partial charge in [0.2, 0.25) is 0 Å². The molecule has 0 saturated carbocycles. The van der Waals surface area contributed by atoms with Crippen LogP contribution in [0.25, 0.3) is 5.57 Å². The number of methoxy groups -OCH3 is 2. The van der Waals surface area contributed by atoms with Crippen molar-refractivity contribution in [2.24, 2.45) is 0 Å². The number of halogens is 1. The van der Waals surface area contributed by atoms with Crippen molar-refractivity contribution in [1.82, 2.24) is 0 Å². The summed E-state index contributed by atoms with van der Waals surface area (Å²) in [5.74, 6) is 0.0435. The van der Waals surface area contributed by atoms with Crippen LogP contribution in [0.2, 0.25) is 5.02 Å². The molecule has 0 bridgehead atoms. The second kappa shape index (κ2) is 8.64. The molecule has 1 N–H and O–H groups in total. The van der Waals surface area contributed by atoms with E-state index < -0.39 is 15.9 Å². The fourth-order valence-electron chi connectivity index (χ4n) is 3.44. The summed E-state index contributed by atoms with van der Waals surface area (Å²) in [5, 5.41) is 3.11. The molecule has 1 amide bonds. The Morgan fingerprint density at radius 3 is 2.42 bits per heavy atom. The zero-order valence-electron chi connectivity index (χ0n) is 17.7. The minimum atomic E-state index is -4.18. The number of rotatable bonds is 6. The van der Waals surface area contributed by atoms with Crippen LogP contribution < -0.4 is 19.1 Å². The Morgan fingerprint density at radius 2 is 1.81 bits per heavy atom. The number of ether oxygens (including phenoxy) is 2. The van der Waals surface area contributed by atoms with Gasteiger partial charge < -0.3 is 14.8 Å². The molecular formula is C22H23ClN2O5S. The highest BCUT2D eigenvalue weighted by molar-refractivity contribution is 7.97. The maximum atomic E-state index is 13.5. The van der Waals surface area contributed by atoms with E-state index in [1.165, 1.54) is 20.3 Å². The molecule has 7 nitrogen and oxygen atoms in total. The van der Waals surface area contributed by atoms with Crippen molar-refractivity contribution < 1.29 is 22.7 Å². The lowest BCUT2D eigenvalue weighted by Gasteiger charge is -2.32. The number of carbonyl (C=O) groups excluding carboxylic acids is 1. The Morgan fingerprint density at radius 1 is 1.16 bits per heavy atom. The summed E-state index contributed by atoms with van der Waals surface area (Å²) in [7, 11) is -1.22. The maximum Gasteiger partial charge on any atom is 0.270 e. The van der Waals surface area contributed by atoms with E-state index in [4.69, 9.17) is 21.1 Å². The number of amides is 1. The van der Waals surface area contributed by atoms with Crippen LogP contribution in [0.3, 0.4) is 0 Å². The van der Waals surface area contributed by atoms with Gasteiger partial charge in [-0.1, -0.05) is 23.7 Å². The summed E-state index contributed by atoms with van der Waals surface area (Å²) in [4.78, 5) is 12.8. The van der Waals surface area contributed by atoms with E-state index in [0.29, 0.717) is 39.0 Å². The lowest BCUT2D eigenvalue weighted by atomic mass is 10.0. The minimum Gasteiger partial charge on any atom is -0.493 e. The molecule has 1 aliphatic heterocycles. The molecule has 0 aliphatic carbocycles. The van der Waals surface area contributed by atoms with Gasteiger partial charge in [-0.25, -0.2) is 8.42 Å². The van der Waals surface area contributed by atoms with Gasteiger partial charge in [0.05, 0.1) is 26.5 Å². The van der Waals surface area contributed by atoms with Crippen LogP contribution in [-0.4, -0.2) is 35.1 Å². The third-order valence-corrected chi connectivity index (χ3v) is 7.18. The average molecular weight is 463 g/mol. The van der Waals surface area contributed by atoms with Crippen LogP contribution >= 0.6 is 11.6 Å². The number of benzene rings is 2. The fourth-order valence-corrected chi connectivity index (χ4v) is 5.33. The monoisotopic (exact) mass is 462 g/mol. The summed E-state index contributed by atoms with van der Waals surface area (Å²) < 4.78 is 38.8. The second-order valence-electron chi connectivity index (χ2n) is 6.92. The van der Waals surface area contributed by atoms with Crippen molar-refractivity contribution >= 4 is 44.5 Å². The lowest BCUT2D eigenvalue weighted by Crippen LogP contribution is -2.39. The number of aryl methyl sites for hydroxylation is 1. The molecule has 9 heteroatoms. The molecule has 0 aromatic heterocycles. The summed E-state index contributed by atoms with van der Waals surface area (Å²) in [6.07, 6.45) is 1.45. The second-order valence-corrected chi connectivity index (χ2v) is 9.15. The van der Waals surface area contributed by atoms with Crippen LogP contribution in [0.1, 0.15) is 18.1 Å². The topological polar surface area (TPSA) is 84.9 Å². The molecule has 0 spiro atoms. The molecule has 0 saturated heterocycles. The van der Waals surface area contributed by atoms with Crippen LogP contribution in [-0.2, 0) is 14.8 Å². The summed E-state index contributed by atoms with van der Waals surface area (Å²) in [5.41, 5.74) is 2.40. The molecule has 0 fully saturated rings. The van der Waals surface area contributed by atoms with Gasteiger partial charge in [-0.15, -0.1) is 6.58 Å². The standard InChI is InChI=1S/C22H23ClN2O5S/c1-6-9-25-18-12-20(30-5)19(29-4)11-16(18)14(3)21(31(25,27)28)22(26)24-17-10-15(23)8-7-13(17)2/h6-8,10-12H,1,9H2,2-5H3,(H,24,26). The van der Waals surface area contributed by atoms with Gasteiger partial charge in [0.15, 0.2) is 16.4 Å². The number of nitrogens with one attached hydrogen (secondary N) is 1. The van der Waals surface area contributed by atoms with Gasteiger partial charge in [0.1, 0.15) is 0 Å². The lowest BCUT2D eigenvalue weighted by molar-refractivity contribution is -0.112. The number of hydrogen-bond donors (Lipinski definition) is 1. The summed E-state index contributed by atoms with van der Waals surface area (Å²) >= 11 is 6.04. The number of sulfonamides is 1. The number of fused-ring (bicyclic) bond motifs is 1. The number of carbonyl (C=O) groups is 1. The van der Waals surface area contributed by atoms with Gasteiger partial charge in [0.25, 0.3) is 15.9 Å². The Hall–Kier alpha value is -2.97. The molecule has 1 heterocycles. The highest BCUT2D eigenvalue weighted by Crippen LogP contribution is 2.45. The number of hydrogen-bond acceptors (Lipinski definition) is 5. The summed E-state index contributed by atoms with van der Waals surface area (Å²) in [6, 6.07) is 8.24. The van der Waals surface area contributed by atoms with E-state index in [0.717, 1.165) is 9.87 Å². The largest absolute Gasteiger partial charge is 0.493 e. The van der Waals surface area contributed by atoms with E-state index in [9.17, 15) is 13.2 Å². The van der Waals surface area contributed by atoms with Crippen molar-refractivity contribution in [3.63, 3.8) is 0 Å². The van der Waals surface area contributed by atoms with E-state index >= 15 is 0 Å². The number of allylic oxidation sites excluding steroid dienone is 1. The zero-order valence-corrected chi connectivity index (χ0v) is 19.2. The first-order valence-electron chi connectivity index (χ1n) is 9.34. The van der Waals surface area contributed by atoms with Gasteiger partial charge in [-0.05, 0) is 43.2 Å². The Balaban J connectivity index is 2.22. The normalized spacial score (nSPS) is 14.7. The predicted octanol–water partition coefficient (Wildman–Crippen LogP) is 4.37. The fraction of sp³-hybridized carbons (Fsp3) is 0.227. The van der Waals surface area contributed by atoms with E-state index in [2.05, 4.69) is 11.9 Å². The van der Waals surface area contributed by atoms with Gasteiger partial charge in [0, 0.05) is 22.3 Å². The van der Waals surface area contributed by atoms with E-state index in [1.807, 2.05) is 0 Å². The molecule has 1 aliphatic rings. The van der Waals surface area contributed by atoms with Gasteiger partial charge in [-0.3, -0.25) is 9.10 Å². The molecule has 0 atom stereocenters. The molecule has 2 aromatic carbocycles. The highest BCUT2D eigenvalue weighted by atomic mass is 35.5. The first-order chi connectivity index (χ1) is 14.6. The van der Waals surface area contributed by atoms with Crippen molar-refractivity contribution in [2.45, 2.75) is 13.8 Å². The van der Waals surface area contributed by atoms with Crippen LogP contribution in [0.4, 0.5) is 11.4 Å². The maximum absolute atomic E-state index is 13.5. The van der Waals surface area contributed by atoms with Crippen LogP contribution in [0.15, 0.2) is 47.9 Å². The molecule has 31 heavy (non-hydrogen) atoms. The molecule has 0 unspecified atom stereocenters. The molecule has 0 radical (unpaired) electrons. The Labute approximate surface area is 187 Å². The SMILES string of the molecule is C=CCN1c2cc(OC)c(OC)cc2C(C)=C(C(=O)Nc2cc(Cl)ccc2C)S1(=O)=O.